The summed E-state index contributed by atoms with van der Waals surface area (Å²) < 4.78 is 0. The van der Waals surface area contributed by atoms with Crippen LogP contribution in [-0.4, -0.2) is 84.0 Å². The lowest BCUT2D eigenvalue weighted by atomic mass is 10.2. The second-order valence-electron chi connectivity index (χ2n) is 5.15. The molecule has 1 rings (SSSR count). The molecule has 1 saturated heterocycles. The fourth-order valence-electron chi connectivity index (χ4n) is 2.44. The van der Waals surface area contributed by atoms with E-state index in [1.165, 1.54) is 0 Å². The van der Waals surface area contributed by atoms with Crippen molar-refractivity contribution < 1.29 is 14.7 Å². The average molecular weight is 285 g/mol. The highest BCUT2D eigenvalue weighted by atomic mass is 16.3. The number of carbonyl (C=O) groups is 2. The highest BCUT2D eigenvalue weighted by molar-refractivity contribution is 6.34. The SMILES string of the molecule is CCCN(CCC)C(=O)C(=O)N1CCN(CCO)CC1. The lowest BCUT2D eigenvalue weighted by Crippen LogP contribution is -2.53. The molecule has 0 aromatic rings. The molecule has 0 spiro atoms. The predicted octanol–water partition coefficient (Wildman–Crippen LogP) is -0.228. The van der Waals surface area contributed by atoms with Crippen molar-refractivity contribution in [2.75, 3.05) is 52.4 Å². The molecule has 0 bridgehead atoms. The number of rotatable bonds is 6. The summed E-state index contributed by atoms with van der Waals surface area (Å²) in [6.07, 6.45) is 1.73. The van der Waals surface area contributed by atoms with E-state index in [2.05, 4.69) is 4.90 Å². The minimum Gasteiger partial charge on any atom is -0.395 e. The van der Waals surface area contributed by atoms with Crippen LogP contribution in [0.15, 0.2) is 0 Å². The molecule has 6 nitrogen and oxygen atoms in total. The standard InChI is InChI=1S/C14H27N3O3/c1-3-5-16(6-4-2)13(19)14(20)17-9-7-15(8-10-17)11-12-18/h18H,3-12H2,1-2H3. The molecule has 0 radical (unpaired) electrons. The number of β-amino-alcohol motifs (C(OH)–C–C–N with tert-alkyl or cyclic N) is 1. The average Bonchev–Trinajstić information content (AvgIpc) is 2.47. The van der Waals surface area contributed by atoms with E-state index in [0.717, 1.165) is 25.9 Å². The quantitative estimate of drug-likeness (QED) is 0.685. The molecule has 0 aliphatic carbocycles. The summed E-state index contributed by atoms with van der Waals surface area (Å²) in [7, 11) is 0. The van der Waals surface area contributed by atoms with Gasteiger partial charge in [-0.1, -0.05) is 13.8 Å². The van der Waals surface area contributed by atoms with E-state index in [1.807, 2.05) is 13.8 Å². The zero-order chi connectivity index (χ0) is 15.0. The minimum atomic E-state index is -0.379. The number of nitrogens with zero attached hydrogens (tertiary/aromatic N) is 3. The van der Waals surface area contributed by atoms with E-state index >= 15 is 0 Å². The first-order valence-corrected chi connectivity index (χ1v) is 7.55. The number of hydrogen-bond acceptors (Lipinski definition) is 4. The maximum Gasteiger partial charge on any atom is 0.312 e. The maximum absolute atomic E-state index is 12.2. The van der Waals surface area contributed by atoms with Gasteiger partial charge >= 0.3 is 11.8 Å². The van der Waals surface area contributed by atoms with E-state index in [0.29, 0.717) is 32.7 Å². The minimum absolute atomic E-state index is 0.133. The predicted molar refractivity (Wildman–Crippen MR) is 77.3 cm³/mol. The first-order chi connectivity index (χ1) is 9.63. The van der Waals surface area contributed by atoms with Gasteiger partial charge in [0.25, 0.3) is 0 Å². The Morgan fingerprint density at radius 3 is 2.05 bits per heavy atom. The Balaban J connectivity index is 2.50. The van der Waals surface area contributed by atoms with Gasteiger partial charge in [0.2, 0.25) is 0 Å². The van der Waals surface area contributed by atoms with E-state index in [-0.39, 0.29) is 18.4 Å². The van der Waals surface area contributed by atoms with Gasteiger partial charge in [-0.3, -0.25) is 14.5 Å². The zero-order valence-electron chi connectivity index (χ0n) is 12.7. The van der Waals surface area contributed by atoms with E-state index in [9.17, 15) is 9.59 Å². The molecule has 116 valence electrons. The van der Waals surface area contributed by atoms with Crippen molar-refractivity contribution in [2.24, 2.45) is 0 Å². The number of hydrogen-bond donors (Lipinski definition) is 1. The van der Waals surface area contributed by atoms with Crippen LogP contribution >= 0.6 is 0 Å². The first kappa shape index (κ1) is 16.9. The van der Waals surface area contributed by atoms with Gasteiger partial charge in [0, 0.05) is 45.8 Å². The number of carbonyl (C=O) groups excluding carboxylic acids is 2. The van der Waals surface area contributed by atoms with Gasteiger partial charge in [-0.15, -0.1) is 0 Å². The highest BCUT2D eigenvalue weighted by Gasteiger charge is 2.28. The topological polar surface area (TPSA) is 64.1 Å². The summed E-state index contributed by atoms with van der Waals surface area (Å²) in [6, 6.07) is 0. The number of aliphatic hydroxyl groups is 1. The van der Waals surface area contributed by atoms with Crippen molar-refractivity contribution in [1.29, 1.82) is 0 Å². The molecule has 0 unspecified atom stereocenters. The highest BCUT2D eigenvalue weighted by Crippen LogP contribution is 2.05. The Morgan fingerprint density at radius 2 is 1.60 bits per heavy atom. The van der Waals surface area contributed by atoms with Crippen LogP contribution in [0, 0.1) is 0 Å². The molecule has 0 aromatic heterocycles. The molecule has 0 aromatic carbocycles. The summed E-state index contributed by atoms with van der Waals surface area (Å²) in [4.78, 5) is 29.8. The molecule has 1 N–H and O–H groups in total. The van der Waals surface area contributed by atoms with Crippen molar-refractivity contribution in [3.8, 4) is 0 Å². The van der Waals surface area contributed by atoms with Gasteiger partial charge in [-0.05, 0) is 12.8 Å². The van der Waals surface area contributed by atoms with E-state index in [1.54, 1.807) is 9.80 Å². The van der Waals surface area contributed by atoms with Crippen LogP contribution in [0.25, 0.3) is 0 Å². The summed E-state index contributed by atoms with van der Waals surface area (Å²) in [5.74, 6) is -0.750. The molecular weight excluding hydrogens is 258 g/mol. The van der Waals surface area contributed by atoms with Crippen LogP contribution < -0.4 is 0 Å². The number of piperazine rings is 1. The molecule has 6 heteroatoms. The second-order valence-corrected chi connectivity index (χ2v) is 5.15. The van der Waals surface area contributed by atoms with Gasteiger partial charge in [0.1, 0.15) is 0 Å². The summed E-state index contributed by atoms with van der Waals surface area (Å²) in [5.41, 5.74) is 0. The second kappa shape index (κ2) is 8.92. The van der Waals surface area contributed by atoms with Crippen LogP contribution in [0.3, 0.4) is 0 Å². The van der Waals surface area contributed by atoms with E-state index in [4.69, 9.17) is 5.11 Å². The van der Waals surface area contributed by atoms with Gasteiger partial charge < -0.3 is 14.9 Å². The monoisotopic (exact) mass is 285 g/mol. The summed E-state index contributed by atoms with van der Waals surface area (Å²) in [5, 5.41) is 8.89. The van der Waals surface area contributed by atoms with Crippen LogP contribution in [0.4, 0.5) is 0 Å². The molecule has 1 fully saturated rings. The fourth-order valence-corrected chi connectivity index (χ4v) is 2.44. The van der Waals surface area contributed by atoms with Crippen LogP contribution in [0.2, 0.25) is 0 Å². The van der Waals surface area contributed by atoms with Crippen molar-refractivity contribution in [3.63, 3.8) is 0 Å². The Labute approximate surface area is 121 Å². The fraction of sp³-hybridized carbons (Fsp3) is 0.857. The molecular formula is C14H27N3O3. The summed E-state index contributed by atoms with van der Waals surface area (Å²) >= 11 is 0. The summed E-state index contributed by atoms with van der Waals surface area (Å²) in [6.45, 7) is 8.64. The largest absolute Gasteiger partial charge is 0.395 e. The van der Waals surface area contributed by atoms with Crippen molar-refractivity contribution >= 4 is 11.8 Å². The van der Waals surface area contributed by atoms with Gasteiger partial charge in [-0.25, -0.2) is 0 Å². The molecule has 1 aliphatic heterocycles. The lowest BCUT2D eigenvalue weighted by molar-refractivity contribution is -0.152. The first-order valence-electron chi connectivity index (χ1n) is 7.55. The molecule has 1 aliphatic rings. The van der Waals surface area contributed by atoms with Crippen LogP contribution in [0.1, 0.15) is 26.7 Å². The van der Waals surface area contributed by atoms with Gasteiger partial charge in [0.15, 0.2) is 0 Å². The van der Waals surface area contributed by atoms with Crippen LogP contribution in [-0.2, 0) is 9.59 Å². The number of amides is 2. The maximum atomic E-state index is 12.2. The van der Waals surface area contributed by atoms with Gasteiger partial charge in [-0.2, -0.15) is 0 Å². The third-order valence-electron chi connectivity index (χ3n) is 3.53. The third-order valence-corrected chi connectivity index (χ3v) is 3.53. The van der Waals surface area contributed by atoms with Crippen LogP contribution in [0.5, 0.6) is 0 Å². The zero-order valence-corrected chi connectivity index (χ0v) is 12.7. The Bertz CT molecular complexity index is 309. The Kier molecular flexibility index (Phi) is 7.54. The van der Waals surface area contributed by atoms with Crippen molar-refractivity contribution in [2.45, 2.75) is 26.7 Å². The van der Waals surface area contributed by atoms with Crippen molar-refractivity contribution in [3.05, 3.63) is 0 Å². The molecule has 1 heterocycles. The van der Waals surface area contributed by atoms with E-state index < -0.39 is 0 Å². The molecule has 0 atom stereocenters. The molecule has 20 heavy (non-hydrogen) atoms. The Morgan fingerprint density at radius 1 is 1.05 bits per heavy atom. The van der Waals surface area contributed by atoms with Crippen molar-refractivity contribution in [1.82, 2.24) is 14.7 Å². The smallest absolute Gasteiger partial charge is 0.312 e. The molecule has 0 saturated carbocycles. The normalized spacial score (nSPS) is 16.2. The lowest BCUT2D eigenvalue weighted by Gasteiger charge is -2.35. The molecule has 2 amide bonds. The third kappa shape index (κ3) is 4.76. The van der Waals surface area contributed by atoms with Gasteiger partial charge in [0.05, 0.1) is 6.61 Å². The Hall–Kier alpha value is -1.14. The number of aliphatic hydroxyl groups excluding tert-OH is 1.